The summed E-state index contributed by atoms with van der Waals surface area (Å²) < 4.78 is 5.68. The Bertz CT molecular complexity index is 596. The van der Waals surface area contributed by atoms with E-state index in [2.05, 4.69) is 20.5 Å². The highest BCUT2D eigenvalue weighted by molar-refractivity contribution is 14.0. The van der Waals surface area contributed by atoms with Gasteiger partial charge in [-0.25, -0.2) is 4.79 Å². The minimum atomic E-state index is -0.477. The van der Waals surface area contributed by atoms with Gasteiger partial charge in [0.1, 0.15) is 5.60 Å². The number of amides is 2. The van der Waals surface area contributed by atoms with Crippen LogP contribution in [0.4, 0.5) is 4.79 Å². The molecule has 2 N–H and O–H groups in total. The number of nitrogens with zero attached hydrogens (tertiary/aromatic N) is 3. The number of hydrogen-bond donors (Lipinski definition) is 2. The molecule has 180 valence electrons. The maximum Gasteiger partial charge on any atom is 0.410 e. The SMILES string of the molecule is CCCNC(=O)CCNC(=NC)N1CCC(N(CC2CC2)C(=O)OC(C)(C)C)CC1.I. The average molecular weight is 552 g/mol. The topological polar surface area (TPSA) is 86.3 Å². The van der Waals surface area contributed by atoms with Crippen LogP contribution in [0.25, 0.3) is 0 Å². The molecule has 0 spiro atoms. The molecule has 2 fully saturated rings. The van der Waals surface area contributed by atoms with Gasteiger partial charge in [0.05, 0.1) is 0 Å². The molecular formula is C22H42IN5O3. The smallest absolute Gasteiger partial charge is 0.410 e. The van der Waals surface area contributed by atoms with Crippen molar-refractivity contribution in [2.24, 2.45) is 10.9 Å². The van der Waals surface area contributed by atoms with Crippen molar-refractivity contribution < 1.29 is 14.3 Å². The fraction of sp³-hybridized carbons (Fsp3) is 0.864. The summed E-state index contributed by atoms with van der Waals surface area (Å²) in [4.78, 5) is 33.1. The van der Waals surface area contributed by atoms with Gasteiger partial charge >= 0.3 is 6.09 Å². The van der Waals surface area contributed by atoms with Crippen LogP contribution in [0.1, 0.15) is 66.2 Å². The molecule has 0 unspecified atom stereocenters. The third-order valence-electron chi connectivity index (χ3n) is 5.40. The molecule has 0 aromatic heterocycles. The van der Waals surface area contributed by atoms with Crippen LogP contribution in [-0.4, -0.2) is 79.2 Å². The number of carbonyl (C=O) groups excluding carboxylic acids is 2. The maximum absolute atomic E-state index is 12.8. The lowest BCUT2D eigenvalue weighted by molar-refractivity contribution is -0.120. The Morgan fingerprint density at radius 3 is 2.26 bits per heavy atom. The van der Waals surface area contributed by atoms with Crippen LogP contribution in [0.2, 0.25) is 0 Å². The van der Waals surface area contributed by atoms with Gasteiger partial charge < -0.3 is 25.2 Å². The minimum absolute atomic E-state index is 0. The number of halogens is 1. The first kappa shape index (κ1) is 27.8. The maximum atomic E-state index is 12.8. The van der Waals surface area contributed by atoms with E-state index < -0.39 is 5.60 Å². The molecule has 2 aliphatic rings. The Balaban J connectivity index is 0.00000480. The number of ether oxygens (including phenoxy) is 1. The molecule has 0 radical (unpaired) electrons. The number of rotatable bonds is 8. The van der Waals surface area contributed by atoms with Crippen LogP contribution >= 0.6 is 24.0 Å². The summed E-state index contributed by atoms with van der Waals surface area (Å²) in [6.45, 7) is 11.5. The lowest BCUT2D eigenvalue weighted by Gasteiger charge is -2.40. The van der Waals surface area contributed by atoms with Crippen LogP contribution < -0.4 is 10.6 Å². The van der Waals surface area contributed by atoms with Crippen molar-refractivity contribution in [3.63, 3.8) is 0 Å². The fourth-order valence-electron chi connectivity index (χ4n) is 3.63. The zero-order chi connectivity index (χ0) is 22.1. The second kappa shape index (κ2) is 13.3. The van der Waals surface area contributed by atoms with Crippen LogP contribution in [0.15, 0.2) is 4.99 Å². The Morgan fingerprint density at radius 1 is 1.10 bits per heavy atom. The van der Waals surface area contributed by atoms with Gasteiger partial charge in [-0.2, -0.15) is 0 Å². The number of aliphatic imine (C=N–C) groups is 1. The zero-order valence-electron chi connectivity index (χ0n) is 19.9. The Kier molecular flexibility index (Phi) is 11.9. The molecule has 2 rings (SSSR count). The molecule has 0 bridgehead atoms. The van der Waals surface area contributed by atoms with Gasteiger partial charge in [0.25, 0.3) is 0 Å². The molecule has 8 nitrogen and oxygen atoms in total. The lowest BCUT2D eigenvalue weighted by Crippen LogP contribution is -2.52. The molecule has 1 aliphatic carbocycles. The number of guanidine groups is 1. The highest BCUT2D eigenvalue weighted by Crippen LogP contribution is 2.32. The van der Waals surface area contributed by atoms with Crippen molar-refractivity contribution in [1.82, 2.24) is 20.4 Å². The Labute approximate surface area is 204 Å². The van der Waals surface area contributed by atoms with E-state index in [4.69, 9.17) is 4.74 Å². The van der Waals surface area contributed by atoms with E-state index in [0.29, 0.717) is 18.9 Å². The molecule has 0 aromatic rings. The van der Waals surface area contributed by atoms with E-state index in [0.717, 1.165) is 51.4 Å². The van der Waals surface area contributed by atoms with Gasteiger partial charge in [-0.05, 0) is 58.8 Å². The number of nitrogens with one attached hydrogen (secondary N) is 2. The van der Waals surface area contributed by atoms with E-state index >= 15 is 0 Å². The van der Waals surface area contributed by atoms with E-state index in [1.807, 2.05) is 32.6 Å². The second-order valence-electron chi connectivity index (χ2n) is 9.37. The largest absolute Gasteiger partial charge is 0.444 e. The molecule has 2 amide bonds. The molecule has 1 aliphatic heterocycles. The highest BCUT2D eigenvalue weighted by atomic mass is 127. The quantitative estimate of drug-likeness (QED) is 0.275. The Morgan fingerprint density at radius 2 is 1.74 bits per heavy atom. The van der Waals surface area contributed by atoms with Gasteiger partial charge in [-0.3, -0.25) is 9.79 Å². The van der Waals surface area contributed by atoms with E-state index in [-0.39, 0.29) is 42.0 Å². The van der Waals surface area contributed by atoms with Crippen molar-refractivity contribution >= 4 is 41.9 Å². The fourth-order valence-corrected chi connectivity index (χ4v) is 3.63. The molecule has 31 heavy (non-hydrogen) atoms. The summed E-state index contributed by atoms with van der Waals surface area (Å²) >= 11 is 0. The highest BCUT2D eigenvalue weighted by Gasteiger charge is 2.35. The summed E-state index contributed by atoms with van der Waals surface area (Å²) in [5.74, 6) is 1.51. The van der Waals surface area contributed by atoms with Crippen molar-refractivity contribution in [2.75, 3.05) is 39.8 Å². The first-order valence-corrected chi connectivity index (χ1v) is 11.5. The third-order valence-corrected chi connectivity index (χ3v) is 5.40. The summed E-state index contributed by atoms with van der Waals surface area (Å²) in [6.07, 6.45) is 5.39. The predicted octanol–water partition coefficient (Wildman–Crippen LogP) is 3.21. The molecule has 1 saturated heterocycles. The van der Waals surface area contributed by atoms with E-state index in [1.54, 1.807) is 7.05 Å². The van der Waals surface area contributed by atoms with Gasteiger partial charge in [-0.15, -0.1) is 24.0 Å². The predicted molar refractivity (Wildman–Crippen MR) is 135 cm³/mol. The first-order valence-electron chi connectivity index (χ1n) is 11.5. The monoisotopic (exact) mass is 551 g/mol. The van der Waals surface area contributed by atoms with Crippen LogP contribution in [0.5, 0.6) is 0 Å². The van der Waals surface area contributed by atoms with Crippen molar-refractivity contribution in [1.29, 1.82) is 0 Å². The first-order chi connectivity index (χ1) is 14.2. The van der Waals surface area contributed by atoms with Crippen LogP contribution in [0, 0.1) is 5.92 Å². The van der Waals surface area contributed by atoms with Gasteiger partial charge in [0.15, 0.2) is 5.96 Å². The average Bonchev–Trinajstić information content (AvgIpc) is 3.51. The third kappa shape index (κ3) is 10.3. The van der Waals surface area contributed by atoms with E-state index in [9.17, 15) is 9.59 Å². The summed E-state index contributed by atoms with van der Waals surface area (Å²) in [5, 5.41) is 6.18. The van der Waals surface area contributed by atoms with Crippen molar-refractivity contribution in [3.8, 4) is 0 Å². The van der Waals surface area contributed by atoms with Gasteiger partial charge in [0, 0.05) is 52.2 Å². The molecule has 1 saturated carbocycles. The second-order valence-corrected chi connectivity index (χ2v) is 9.37. The van der Waals surface area contributed by atoms with Crippen molar-refractivity contribution in [3.05, 3.63) is 0 Å². The Hall–Kier alpha value is -1.26. The number of piperidine rings is 1. The lowest BCUT2D eigenvalue weighted by atomic mass is 10.0. The summed E-state index contributed by atoms with van der Waals surface area (Å²) in [5.41, 5.74) is -0.477. The normalized spacial score (nSPS) is 17.6. The zero-order valence-corrected chi connectivity index (χ0v) is 22.2. The van der Waals surface area contributed by atoms with Crippen LogP contribution in [-0.2, 0) is 9.53 Å². The molecular weight excluding hydrogens is 509 g/mol. The number of hydrogen-bond acceptors (Lipinski definition) is 4. The van der Waals surface area contributed by atoms with Gasteiger partial charge in [-0.1, -0.05) is 6.92 Å². The van der Waals surface area contributed by atoms with E-state index in [1.165, 1.54) is 12.8 Å². The summed E-state index contributed by atoms with van der Waals surface area (Å²) in [6, 6.07) is 0.203. The standard InChI is InChI=1S/C22H41N5O3.HI/c1-6-12-24-19(28)9-13-25-20(23-5)26-14-10-18(11-15-26)27(16-17-7-8-17)21(29)30-22(2,3)4;/h17-18H,6-16H2,1-5H3,(H,23,25)(H,24,28);1H. The number of carbonyl (C=O) groups is 2. The molecule has 9 heteroatoms. The number of likely N-dealkylation sites (tertiary alicyclic amines) is 1. The molecule has 1 heterocycles. The van der Waals surface area contributed by atoms with Crippen molar-refractivity contribution in [2.45, 2.75) is 77.9 Å². The molecule has 0 atom stereocenters. The molecule has 0 aromatic carbocycles. The van der Waals surface area contributed by atoms with Gasteiger partial charge in [0.2, 0.25) is 5.91 Å². The summed E-state index contributed by atoms with van der Waals surface area (Å²) in [7, 11) is 1.77. The van der Waals surface area contributed by atoms with Crippen LogP contribution in [0.3, 0.4) is 0 Å². The minimum Gasteiger partial charge on any atom is -0.444 e.